The van der Waals surface area contributed by atoms with Crippen molar-refractivity contribution in [2.45, 2.75) is 63.7 Å². The first-order valence-electron chi connectivity index (χ1n) is 11.3. The molecule has 0 aliphatic carbocycles. The maximum atomic E-state index is 11.1. The van der Waals surface area contributed by atoms with Gasteiger partial charge in [0.05, 0.1) is 0 Å². The van der Waals surface area contributed by atoms with Crippen LogP contribution in [0.5, 0.6) is 0 Å². The Morgan fingerprint density at radius 3 is 2.71 bits per heavy atom. The van der Waals surface area contributed by atoms with E-state index in [1.165, 1.54) is 4.88 Å². The number of aryl methyl sites for hydroxylation is 1. The Morgan fingerprint density at radius 1 is 1.12 bits per heavy atom. The van der Waals surface area contributed by atoms with Crippen molar-refractivity contribution in [1.82, 2.24) is 0 Å². The standard InChI is InChI=1S/C27H28O6S/c1-15-7-8-18(22(29)24-23(30)25-26(31-24)33-27(2,3)32-25)12-19(15)13-20-9-10-21(34-20)17-6-4-5-16(11-17)14-28/h4-12,14,22-26,29-30H,13H2,1-3H3. The Morgan fingerprint density at radius 2 is 1.94 bits per heavy atom. The van der Waals surface area contributed by atoms with Gasteiger partial charge in [-0.3, -0.25) is 4.79 Å². The van der Waals surface area contributed by atoms with Crippen molar-refractivity contribution in [2.24, 2.45) is 0 Å². The predicted octanol–water partition coefficient (Wildman–Crippen LogP) is 4.40. The van der Waals surface area contributed by atoms with Gasteiger partial charge in [-0.25, -0.2) is 0 Å². The molecular formula is C27H28O6S. The number of thiophene rings is 1. The lowest BCUT2D eigenvalue weighted by atomic mass is 9.94. The number of fused-ring (bicyclic) bond motifs is 1. The number of carbonyl (C=O) groups is 1. The van der Waals surface area contributed by atoms with E-state index in [0.717, 1.165) is 27.9 Å². The van der Waals surface area contributed by atoms with Gasteiger partial charge in [-0.1, -0.05) is 36.4 Å². The Kier molecular flexibility index (Phi) is 6.18. The van der Waals surface area contributed by atoms with Crippen molar-refractivity contribution in [3.63, 3.8) is 0 Å². The zero-order valence-electron chi connectivity index (χ0n) is 19.3. The summed E-state index contributed by atoms with van der Waals surface area (Å²) in [7, 11) is 0. The average molecular weight is 481 g/mol. The molecular weight excluding hydrogens is 452 g/mol. The van der Waals surface area contributed by atoms with Gasteiger partial charge in [0.1, 0.15) is 30.7 Å². The molecule has 0 amide bonds. The van der Waals surface area contributed by atoms with E-state index in [-0.39, 0.29) is 0 Å². The predicted molar refractivity (Wildman–Crippen MR) is 129 cm³/mol. The molecule has 2 saturated heterocycles. The van der Waals surface area contributed by atoms with Crippen molar-refractivity contribution in [2.75, 3.05) is 0 Å². The minimum Gasteiger partial charge on any atom is -0.387 e. The van der Waals surface area contributed by atoms with Crippen LogP contribution >= 0.6 is 11.3 Å². The topological polar surface area (TPSA) is 85.2 Å². The molecule has 2 fully saturated rings. The molecule has 0 radical (unpaired) electrons. The van der Waals surface area contributed by atoms with Crippen LogP contribution in [0.3, 0.4) is 0 Å². The molecule has 2 aliphatic rings. The summed E-state index contributed by atoms with van der Waals surface area (Å²) in [4.78, 5) is 13.4. The molecule has 0 saturated carbocycles. The summed E-state index contributed by atoms with van der Waals surface area (Å²) < 4.78 is 17.3. The number of benzene rings is 2. The van der Waals surface area contributed by atoms with E-state index in [1.54, 1.807) is 31.3 Å². The van der Waals surface area contributed by atoms with Crippen LogP contribution in [0.1, 0.15) is 51.9 Å². The van der Waals surface area contributed by atoms with Crippen molar-refractivity contribution in [3.8, 4) is 10.4 Å². The minimum atomic E-state index is -1.01. The third-order valence-electron chi connectivity index (χ3n) is 6.41. The third kappa shape index (κ3) is 4.47. The van der Waals surface area contributed by atoms with E-state index in [9.17, 15) is 15.0 Å². The first-order valence-corrected chi connectivity index (χ1v) is 12.2. The SMILES string of the molecule is Cc1ccc(C(O)C2OC3OC(C)(C)OC3C2O)cc1Cc1ccc(-c2cccc(C=O)c2)s1. The van der Waals surface area contributed by atoms with Crippen LogP contribution in [0.4, 0.5) is 0 Å². The second kappa shape index (κ2) is 9.00. The molecule has 7 heteroatoms. The maximum absolute atomic E-state index is 11.1. The van der Waals surface area contributed by atoms with E-state index in [2.05, 4.69) is 12.1 Å². The quantitative estimate of drug-likeness (QED) is 0.509. The molecule has 2 aliphatic heterocycles. The molecule has 34 heavy (non-hydrogen) atoms. The summed E-state index contributed by atoms with van der Waals surface area (Å²) in [5, 5.41) is 21.8. The molecule has 2 aromatic carbocycles. The Bertz CT molecular complexity index is 1200. The molecule has 2 N–H and O–H groups in total. The Balaban J connectivity index is 1.33. The van der Waals surface area contributed by atoms with E-state index in [1.807, 2.05) is 43.3 Å². The van der Waals surface area contributed by atoms with Crippen LogP contribution in [-0.4, -0.2) is 46.9 Å². The monoisotopic (exact) mass is 480 g/mol. The highest BCUT2D eigenvalue weighted by molar-refractivity contribution is 7.15. The van der Waals surface area contributed by atoms with Gasteiger partial charge in [0, 0.05) is 21.7 Å². The smallest absolute Gasteiger partial charge is 0.190 e. The average Bonchev–Trinajstić information content (AvgIpc) is 3.48. The molecule has 3 aromatic rings. The van der Waals surface area contributed by atoms with E-state index >= 15 is 0 Å². The molecule has 5 unspecified atom stereocenters. The number of aliphatic hydroxyl groups is 2. The molecule has 0 bridgehead atoms. The number of carbonyl (C=O) groups excluding carboxylic acids is 1. The fourth-order valence-electron chi connectivity index (χ4n) is 4.61. The lowest BCUT2D eigenvalue weighted by Crippen LogP contribution is -2.37. The highest BCUT2D eigenvalue weighted by atomic mass is 32.1. The first kappa shape index (κ1) is 23.4. The van der Waals surface area contributed by atoms with Crippen LogP contribution in [0.25, 0.3) is 10.4 Å². The first-order chi connectivity index (χ1) is 16.2. The molecule has 1 aromatic heterocycles. The van der Waals surface area contributed by atoms with Gasteiger partial charge < -0.3 is 24.4 Å². The van der Waals surface area contributed by atoms with Crippen molar-refractivity contribution in [1.29, 1.82) is 0 Å². The number of hydrogen-bond acceptors (Lipinski definition) is 7. The summed E-state index contributed by atoms with van der Waals surface area (Å²) in [5.41, 5.74) is 4.57. The van der Waals surface area contributed by atoms with Gasteiger partial charge in [0.15, 0.2) is 12.1 Å². The van der Waals surface area contributed by atoms with Crippen LogP contribution in [0.2, 0.25) is 0 Å². The van der Waals surface area contributed by atoms with E-state index in [0.29, 0.717) is 17.5 Å². The zero-order chi connectivity index (χ0) is 24.0. The summed E-state index contributed by atoms with van der Waals surface area (Å²) in [6.45, 7) is 5.59. The lowest BCUT2D eigenvalue weighted by Gasteiger charge is -2.26. The summed E-state index contributed by atoms with van der Waals surface area (Å²) in [6.07, 6.45) is -2.59. The largest absolute Gasteiger partial charge is 0.387 e. The van der Waals surface area contributed by atoms with Gasteiger partial charge in [0.2, 0.25) is 0 Å². The van der Waals surface area contributed by atoms with Crippen LogP contribution in [0, 0.1) is 6.92 Å². The number of aldehydes is 1. The van der Waals surface area contributed by atoms with Gasteiger partial charge in [-0.2, -0.15) is 0 Å². The second-order valence-corrected chi connectivity index (χ2v) is 10.5. The van der Waals surface area contributed by atoms with E-state index in [4.69, 9.17) is 14.2 Å². The molecule has 5 atom stereocenters. The van der Waals surface area contributed by atoms with Gasteiger partial charge in [-0.15, -0.1) is 11.3 Å². The molecule has 0 spiro atoms. The van der Waals surface area contributed by atoms with Gasteiger partial charge in [0.25, 0.3) is 0 Å². The Hall–Kier alpha value is -2.39. The number of hydrogen-bond donors (Lipinski definition) is 2. The summed E-state index contributed by atoms with van der Waals surface area (Å²) in [5.74, 6) is -0.822. The number of ether oxygens (including phenoxy) is 3. The summed E-state index contributed by atoms with van der Waals surface area (Å²) in [6, 6.07) is 17.6. The number of rotatable bonds is 6. The normalized spacial score (nSPS) is 26.4. The van der Waals surface area contributed by atoms with Gasteiger partial charge in [-0.05, 0) is 61.2 Å². The number of aliphatic hydroxyl groups excluding tert-OH is 2. The minimum absolute atomic E-state index is 0.623. The van der Waals surface area contributed by atoms with Gasteiger partial charge >= 0.3 is 0 Å². The van der Waals surface area contributed by atoms with Crippen LogP contribution < -0.4 is 0 Å². The zero-order valence-corrected chi connectivity index (χ0v) is 20.1. The van der Waals surface area contributed by atoms with Crippen molar-refractivity contribution in [3.05, 3.63) is 81.7 Å². The lowest BCUT2D eigenvalue weighted by molar-refractivity contribution is -0.226. The summed E-state index contributed by atoms with van der Waals surface area (Å²) >= 11 is 1.68. The molecule has 6 nitrogen and oxygen atoms in total. The second-order valence-electron chi connectivity index (χ2n) is 9.38. The van der Waals surface area contributed by atoms with Crippen LogP contribution in [-0.2, 0) is 20.6 Å². The molecule has 178 valence electrons. The van der Waals surface area contributed by atoms with Crippen LogP contribution in [0.15, 0.2) is 54.6 Å². The fourth-order valence-corrected chi connectivity index (χ4v) is 5.64. The maximum Gasteiger partial charge on any atom is 0.190 e. The molecule has 5 rings (SSSR count). The third-order valence-corrected chi connectivity index (χ3v) is 7.55. The van der Waals surface area contributed by atoms with Crippen molar-refractivity contribution < 1.29 is 29.2 Å². The highest BCUT2D eigenvalue weighted by Gasteiger charge is 2.56. The van der Waals surface area contributed by atoms with E-state index < -0.39 is 36.5 Å². The Labute approximate surface area is 202 Å². The fraction of sp³-hybridized carbons (Fsp3) is 0.370. The molecule has 3 heterocycles. The highest BCUT2D eigenvalue weighted by Crippen LogP contribution is 2.41. The van der Waals surface area contributed by atoms with Crippen molar-refractivity contribution >= 4 is 17.6 Å².